The lowest BCUT2D eigenvalue weighted by Gasteiger charge is -1.89. The van der Waals surface area contributed by atoms with Gasteiger partial charge in [-0.25, -0.2) is 0 Å². The summed E-state index contributed by atoms with van der Waals surface area (Å²) in [5.74, 6) is 5.16. The third-order valence-corrected chi connectivity index (χ3v) is 2.61. The molecule has 0 amide bonds. The molecule has 0 spiro atoms. The molecule has 0 atom stereocenters. The lowest BCUT2D eigenvalue weighted by Crippen LogP contribution is -1.72. The van der Waals surface area contributed by atoms with E-state index in [1.807, 2.05) is 23.6 Å². The van der Waals surface area contributed by atoms with Gasteiger partial charge in [0.2, 0.25) is 0 Å². The molecule has 1 aromatic heterocycles. The molecule has 1 aromatic carbocycles. The second-order valence-electron chi connectivity index (χ2n) is 2.56. The lowest BCUT2D eigenvalue weighted by atomic mass is 10.2. The van der Waals surface area contributed by atoms with Crippen molar-refractivity contribution in [2.24, 2.45) is 0 Å². The number of fused-ring (bicyclic) bond motifs is 1. The summed E-state index contributed by atoms with van der Waals surface area (Å²) < 4.78 is 1.21. The number of benzene rings is 1. The summed E-state index contributed by atoms with van der Waals surface area (Å²) in [6, 6.07) is 8.00. The van der Waals surface area contributed by atoms with Gasteiger partial charge in [0.15, 0.2) is 6.29 Å². The van der Waals surface area contributed by atoms with E-state index in [0.29, 0.717) is 6.29 Å². The molecule has 1 nitrogen and oxygen atoms in total. The number of aldehydes is 1. The second kappa shape index (κ2) is 3.42. The summed E-state index contributed by atoms with van der Waals surface area (Å²) in [6.07, 6.45) is 0.610. The highest BCUT2D eigenvalue weighted by atomic mass is 32.1. The molecular formula is C11H6OS. The average molecular weight is 186 g/mol. The van der Waals surface area contributed by atoms with Crippen molar-refractivity contribution in [3.8, 4) is 11.8 Å². The number of hydrogen-bond donors (Lipinski definition) is 0. The van der Waals surface area contributed by atoms with Crippen molar-refractivity contribution in [3.63, 3.8) is 0 Å². The zero-order valence-corrected chi connectivity index (χ0v) is 7.60. The van der Waals surface area contributed by atoms with E-state index in [4.69, 9.17) is 0 Å². The van der Waals surface area contributed by atoms with Crippen LogP contribution < -0.4 is 0 Å². The van der Waals surface area contributed by atoms with Crippen molar-refractivity contribution in [3.05, 3.63) is 35.2 Å². The smallest absolute Gasteiger partial charge is 0.193 e. The molecule has 2 heteroatoms. The molecule has 13 heavy (non-hydrogen) atoms. The highest BCUT2D eigenvalue weighted by Crippen LogP contribution is 2.21. The van der Waals surface area contributed by atoms with E-state index in [2.05, 4.69) is 17.9 Å². The topological polar surface area (TPSA) is 17.1 Å². The van der Waals surface area contributed by atoms with Crippen LogP contribution in [0.15, 0.2) is 29.6 Å². The minimum atomic E-state index is 0.610. The maximum atomic E-state index is 10.0. The van der Waals surface area contributed by atoms with Gasteiger partial charge in [0.1, 0.15) is 0 Å². The molecule has 2 aromatic rings. The van der Waals surface area contributed by atoms with Crippen LogP contribution in [0.3, 0.4) is 0 Å². The standard InChI is InChI=1S/C11H6OS/c12-6-1-2-9-3-4-10-5-7-13-11(10)8-9/h3-8H. The minimum Gasteiger partial charge on any atom is -0.289 e. The fourth-order valence-electron chi connectivity index (χ4n) is 1.15. The molecule has 0 fully saturated rings. The van der Waals surface area contributed by atoms with Gasteiger partial charge in [-0.2, -0.15) is 0 Å². The summed E-state index contributed by atoms with van der Waals surface area (Å²) in [7, 11) is 0. The van der Waals surface area contributed by atoms with Gasteiger partial charge in [-0.1, -0.05) is 12.0 Å². The highest BCUT2D eigenvalue weighted by molar-refractivity contribution is 7.17. The summed E-state index contributed by atoms with van der Waals surface area (Å²) in [5, 5.41) is 3.27. The number of thiophene rings is 1. The van der Waals surface area contributed by atoms with Gasteiger partial charge < -0.3 is 0 Å². The summed E-state index contributed by atoms with van der Waals surface area (Å²) >= 11 is 1.68. The summed E-state index contributed by atoms with van der Waals surface area (Å²) in [4.78, 5) is 10.0. The van der Waals surface area contributed by atoms with Gasteiger partial charge in [-0.05, 0) is 34.9 Å². The largest absolute Gasteiger partial charge is 0.289 e. The van der Waals surface area contributed by atoms with Gasteiger partial charge in [0.25, 0.3) is 0 Å². The van der Waals surface area contributed by atoms with Gasteiger partial charge in [0.05, 0.1) is 0 Å². The molecule has 0 aliphatic carbocycles. The fourth-order valence-corrected chi connectivity index (χ4v) is 1.97. The first kappa shape index (κ1) is 8.03. The molecular weight excluding hydrogens is 180 g/mol. The third kappa shape index (κ3) is 1.61. The van der Waals surface area contributed by atoms with Crippen LogP contribution in [-0.2, 0) is 4.79 Å². The first-order valence-corrected chi connectivity index (χ1v) is 4.70. The quantitative estimate of drug-likeness (QED) is 0.456. The van der Waals surface area contributed by atoms with Crippen LogP contribution in [0, 0.1) is 11.8 Å². The summed E-state index contributed by atoms with van der Waals surface area (Å²) in [5.41, 5.74) is 0.891. The van der Waals surface area contributed by atoms with Crippen LogP contribution >= 0.6 is 11.3 Å². The number of hydrogen-bond acceptors (Lipinski definition) is 2. The molecule has 62 valence electrons. The van der Waals surface area contributed by atoms with E-state index in [0.717, 1.165) is 5.56 Å². The number of carbonyl (C=O) groups is 1. The molecule has 0 aliphatic heterocycles. The van der Waals surface area contributed by atoms with E-state index in [1.54, 1.807) is 11.3 Å². The van der Waals surface area contributed by atoms with Crippen LogP contribution in [-0.4, -0.2) is 6.29 Å². The molecule has 0 saturated carbocycles. The number of carbonyl (C=O) groups excluding carboxylic acids is 1. The predicted octanol–water partition coefficient (Wildman–Crippen LogP) is 2.45. The first-order valence-electron chi connectivity index (χ1n) is 3.82. The van der Waals surface area contributed by atoms with Crippen LogP contribution in [0.1, 0.15) is 5.56 Å². The van der Waals surface area contributed by atoms with Crippen molar-refractivity contribution >= 4 is 27.7 Å². The number of rotatable bonds is 0. The van der Waals surface area contributed by atoms with Crippen molar-refractivity contribution in [2.75, 3.05) is 0 Å². The molecule has 0 bridgehead atoms. The lowest BCUT2D eigenvalue weighted by molar-refractivity contribution is -0.103. The molecule has 0 saturated heterocycles. The Morgan fingerprint density at radius 1 is 1.31 bits per heavy atom. The van der Waals surface area contributed by atoms with E-state index in [9.17, 15) is 4.79 Å². The molecule has 0 aliphatic rings. The maximum Gasteiger partial charge on any atom is 0.193 e. The van der Waals surface area contributed by atoms with E-state index in [-0.39, 0.29) is 0 Å². The van der Waals surface area contributed by atoms with Gasteiger partial charge in [0, 0.05) is 10.3 Å². The Bertz CT molecular complexity index is 499. The molecule has 0 N–H and O–H groups in total. The summed E-state index contributed by atoms with van der Waals surface area (Å²) in [6.45, 7) is 0. The van der Waals surface area contributed by atoms with Gasteiger partial charge >= 0.3 is 0 Å². The predicted molar refractivity (Wildman–Crippen MR) is 54.8 cm³/mol. The van der Waals surface area contributed by atoms with E-state index < -0.39 is 0 Å². The first-order chi connectivity index (χ1) is 6.40. The van der Waals surface area contributed by atoms with E-state index >= 15 is 0 Å². The van der Waals surface area contributed by atoms with Crippen LogP contribution in [0.25, 0.3) is 10.1 Å². The Balaban J connectivity index is 2.54. The maximum absolute atomic E-state index is 10.0. The Hall–Kier alpha value is -1.59. The van der Waals surface area contributed by atoms with Crippen molar-refractivity contribution in [2.45, 2.75) is 0 Å². The monoisotopic (exact) mass is 186 g/mol. The van der Waals surface area contributed by atoms with E-state index in [1.165, 1.54) is 10.1 Å². The molecule has 2 rings (SSSR count). The zero-order valence-electron chi connectivity index (χ0n) is 6.78. The molecule has 0 radical (unpaired) electrons. The van der Waals surface area contributed by atoms with Gasteiger partial charge in [-0.3, -0.25) is 4.79 Å². The van der Waals surface area contributed by atoms with Gasteiger partial charge in [-0.15, -0.1) is 11.3 Å². The van der Waals surface area contributed by atoms with Crippen molar-refractivity contribution in [1.29, 1.82) is 0 Å². The normalized spacial score (nSPS) is 9.23. The Kier molecular flexibility index (Phi) is 2.11. The zero-order chi connectivity index (χ0) is 9.10. The highest BCUT2D eigenvalue weighted by Gasteiger charge is 1.94. The Morgan fingerprint density at radius 3 is 3.08 bits per heavy atom. The third-order valence-electron chi connectivity index (χ3n) is 1.73. The second-order valence-corrected chi connectivity index (χ2v) is 3.51. The van der Waals surface area contributed by atoms with Crippen molar-refractivity contribution in [1.82, 2.24) is 0 Å². The SMILES string of the molecule is O=CC#Cc1ccc2ccsc2c1. The van der Waals surface area contributed by atoms with Crippen LogP contribution in [0.4, 0.5) is 0 Å². The fraction of sp³-hybridized carbons (Fsp3) is 0. The Labute approximate surface area is 80.0 Å². The Morgan fingerprint density at radius 2 is 2.23 bits per heavy atom. The average Bonchev–Trinajstić information content (AvgIpc) is 2.61. The van der Waals surface area contributed by atoms with Crippen molar-refractivity contribution < 1.29 is 4.79 Å². The molecule has 0 unspecified atom stereocenters. The van der Waals surface area contributed by atoms with Crippen LogP contribution in [0.5, 0.6) is 0 Å². The minimum absolute atomic E-state index is 0.610. The molecule has 1 heterocycles. The van der Waals surface area contributed by atoms with Crippen LogP contribution in [0.2, 0.25) is 0 Å².